The summed E-state index contributed by atoms with van der Waals surface area (Å²) in [7, 11) is 0. The van der Waals surface area contributed by atoms with Crippen molar-refractivity contribution in [2.45, 2.75) is 23.5 Å². The number of nitrogen functional groups attached to an aromatic ring is 1. The molecular weight excluding hydrogens is 320 g/mol. The van der Waals surface area contributed by atoms with Crippen LogP contribution in [0.15, 0.2) is 59.5 Å². The molecule has 0 bridgehead atoms. The van der Waals surface area contributed by atoms with Crippen LogP contribution in [0.5, 0.6) is 0 Å². The lowest BCUT2D eigenvalue weighted by atomic mass is 10.1. The highest BCUT2D eigenvalue weighted by Gasteiger charge is 2.21. The van der Waals surface area contributed by atoms with E-state index in [0.717, 1.165) is 22.6 Å². The second-order valence-corrected chi connectivity index (χ2v) is 6.50. The summed E-state index contributed by atoms with van der Waals surface area (Å²) in [6.45, 7) is 3.95. The molecule has 2 aromatic rings. The van der Waals surface area contributed by atoms with Crippen LogP contribution in [0, 0.1) is 0 Å². The fourth-order valence-electron chi connectivity index (χ4n) is 2.21. The van der Waals surface area contributed by atoms with E-state index in [9.17, 15) is 4.79 Å². The lowest BCUT2D eigenvalue weighted by Crippen LogP contribution is -2.29. The van der Waals surface area contributed by atoms with Gasteiger partial charge in [0.05, 0.1) is 0 Å². The molecule has 24 heavy (non-hydrogen) atoms. The average molecular weight is 344 g/mol. The quantitative estimate of drug-likeness (QED) is 0.414. The SMILES string of the molecule is CCOCCCNC(=O)C(Sc1ccc(N)cc1)c1ccccc1. The highest BCUT2D eigenvalue weighted by atomic mass is 32.2. The van der Waals surface area contributed by atoms with Gasteiger partial charge in [0.1, 0.15) is 5.25 Å². The van der Waals surface area contributed by atoms with Gasteiger partial charge in [0.2, 0.25) is 5.91 Å². The van der Waals surface area contributed by atoms with Crippen molar-refractivity contribution in [3.05, 3.63) is 60.2 Å². The molecule has 0 aromatic heterocycles. The van der Waals surface area contributed by atoms with Crippen molar-refractivity contribution in [3.63, 3.8) is 0 Å². The van der Waals surface area contributed by atoms with E-state index in [2.05, 4.69) is 5.32 Å². The van der Waals surface area contributed by atoms with E-state index in [1.165, 1.54) is 11.8 Å². The number of nitrogens with two attached hydrogens (primary N) is 1. The van der Waals surface area contributed by atoms with Crippen LogP contribution in [0.2, 0.25) is 0 Å². The summed E-state index contributed by atoms with van der Waals surface area (Å²) in [5, 5.41) is 2.72. The van der Waals surface area contributed by atoms with Gasteiger partial charge in [-0.05, 0) is 43.2 Å². The first-order valence-corrected chi connectivity index (χ1v) is 9.01. The van der Waals surface area contributed by atoms with Gasteiger partial charge < -0.3 is 15.8 Å². The lowest BCUT2D eigenvalue weighted by molar-refractivity contribution is -0.120. The Morgan fingerprint density at radius 3 is 2.54 bits per heavy atom. The van der Waals surface area contributed by atoms with Crippen LogP contribution in [0.3, 0.4) is 0 Å². The molecule has 4 nitrogen and oxygen atoms in total. The molecule has 0 heterocycles. The molecule has 0 aliphatic rings. The number of rotatable bonds is 9. The summed E-state index contributed by atoms with van der Waals surface area (Å²) in [6, 6.07) is 17.4. The van der Waals surface area contributed by atoms with Crippen molar-refractivity contribution in [3.8, 4) is 0 Å². The first-order chi connectivity index (χ1) is 11.7. The van der Waals surface area contributed by atoms with Crippen molar-refractivity contribution >= 4 is 23.4 Å². The van der Waals surface area contributed by atoms with E-state index in [1.807, 2.05) is 61.5 Å². The molecule has 1 unspecified atom stereocenters. The van der Waals surface area contributed by atoms with Gasteiger partial charge in [-0.25, -0.2) is 0 Å². The Hall–Kier alpha value is -1.98. The number of thioether (sulfide) groups is 1. The molecule has 3 N–H and O–H groups in total. The highest BCUT2D eigenvalue weighted by Crippen LogP contribution is 2.35. The fraction of sp³-hybridized carbons (Fsp3) is 0.316. The number of hydrogen-bond acceptors (Lipinski definition) is 4. The largest absolute Gasteiger partial charge is 0.399 e. The van der Waals surface area contributed by atoms with Gasteiger partial charge in [0, 0.05) is 30.3 Å². The van der Waals surface area contributed by atoms with Gasteiger partial charge in [-0.15, -0.1) is 11.8 Å². The molecule has 0 aliphatic heterocycles. The zero-order chi connectivity index (χ0) is 17.2. The summed E-state index contributed by atoms with van der Waals surface area (Å²) in [4.78, 5) is 13.7. The second kappa shape index (κ2) is 10.0. The normalized spacial score (nSPS) is 11.9. The topological polar surface area (TPSA) is 64.3 Å². The summed E-state index contributed by atoms with van der Waals surface area (Å²) in [5.74, 6) is 0.0134. The van der Waals surface area contributed by atoms with Gasteiger partial charge in [0.15, 0.2) is 0 Å². The highest BCUT2D eigenvalue weighted by molar-refractivity contribution is 8.00. The fourth-order valence-corrected chi connectivity index (χ4v) is 3.26. The van der Waals surface area contributed by atoms with Crippen LogP contribution in [-0.2, 0) is 9.53 Å². The number of carbonyl (C=O) groups is 1. The zero-order valence-electron chi connectivity index (χ0n) is 13.9. The van der Waals surface area contributed by atoms with E-state index in [1.54, 1.807) is 0 Å². The van der Waals surface area contributed by atoms with E-state index in [-0.39, 0.29) is 11.2 Å². The predicted octanol–water partition coefficient (Wildman–Crippen LogP) is 3.65. The molecule has 0 saturated heterocycles. The van der Waals surface area contributed by atoms with Crippen LogP contribution < -0.4 is 11.1 Å². The minimum Gasteiger partial charge on any atom is -0.399 e. The minimum atomic E-state index is -0.290. The van der Waals surface area contributed by atoms with Gasteiger partial charge >= 0.3 is 0 Å². The molecular formula is C19H24N2O2S. The molecule has 2 aromatic carbocycles. The van der Waals surface area contributed by atoms with Crippen molar-refractivity contribution in [1.29, 1.82) is 0 Å². The van der Waals surface area contributed by atoms with Crippen molar-refractivity contribution in [2.24, 2.45) is 0 Å². The zero-order valence-corrected chi connectivity index (χ0v) is 14.7. The molecule has 128 valence electrons. The van der Waals surface area contributed by atoms with Crippen LogP contribution in [-0.4, -0.2) is 25.7 Å². The Balaban J connectivity index is 2.02. The molecule has 1 amide bonds. The third-order valence-corrected chi connectivity index (χ3v) is 4.71. The standard InChI is InChI=1S/C19H24N2O2S/c1-2-23-14-6-13-21-19(22)18(15-7-4-3-5-8-15)24-17-11-9-16(20)10-12-17/h3-5,7-12,18H,2,6,13-14,20H2,1H3,(H,21,22). The predicted molar refractivity (Wildman–Crippen MR) is 100 cm³/mol. The Kier molecular flexibility index (Phi) is 7.65. The summed E-state index contributed by atoms with van der Waals surface area (Å²) in [6.07, 6.45) is 0.813. The summed E-state index contributed by atoms with van der Waals surface area (Å²) >= 11 is 1.53. The van der Waals surface area contributed by atoms with Crippen molar-refractivity contribution in [2.75, 3.05) is 25.5 Å². The number of amides is 1. The average Bonchev–Trinajstić information content (AvgIpc) is 2.61. The van der Waals surface area contributed by atoms with Gasteiger partial charge in [-0.2, -0.15) is 0 Å². The first-order valence-electron chi connectivity index (χ1n) is 8.13. The van der Waals surface area contributed by atoms with Crippen molar-refractivity contribution in [1.82, 2.24) is 5.32 Å². The maximum absolute atomic E-state index is 12.7. The van der Waals surface area contributed by atoms with Gasteiger partial charge in [-0.3, -0.25) is 4.79 Å². The Bertz CT molecular complexity index is 617. The second-order valence-electron chi connectivity index (χ2n) is 5.32. The van der Waals surface area contributed by atoms with Crippen LogP contribution in [0.25, 0.3) is 0 Å². The lowest BCUT2D eigenvalue weighted by Gasteiger charge is -2.17. The minimum absolute atomic E-state index is 0.0134. The van der Waals surface area contributed by atoms with Crippen LogP contribution >= 0.6 is 11.8 Å². The molecule has 5 heteroatoms. The summed E-state index contributed by atoms with van der Waals surface area (Å²) in [5.41, 5.74) is 7.44. The number of carbonyl (C=O) groups excluding carboxylic acids is 1. The molecule has 1 atom stereocenters. The molecule has 0 radical (unpaired) electrons. The third kappa shape index (κ3) is 5.91. The van der Waals surface area contributed by atoms with Gasteiger partial charge in [0.25, 0.3) is 0 Å². The molecule has 0 fully saturated rings. The number of nitrogens with one attached hydrogen (secondary N) is 1. The van der Waals surface area contributed by atoms with E-state index < -0.39 is 0 Å². The molecule has 2 rings (SSSR count). The third-order valence-electron chi connectivity index (χ3n) is 3.44. The summed E-state index contributed by atoms with van der Waals surface area (Å²) < 4.78 is 5.30. The van der Waals surface area contributed by atoms with E-state index >= 15 is 0 Å². The van der Waals surface area contributed by atoms with Crippen molar-refractivity contribution < 1.29 is 9.53 Å². The molecule has 0 spiro atoms. The van der Waals surface area contributed by atoms with E-state index in [4.69, 9.17) is 10.5 Å². The Morgan fingerprint density at radius 2 is 1.88 bits per heavy atom. The van der Waals surface area contributed by atoms with Crippen LogP contribution in [0.1, 0.15) is 24.2 Å². The Morgan fingerprint density at radius 1 is 1.17 bits per heavy atom. The number of ether oxygens (including phenoxy) is 1. The smallest absolute Gasteiger partial charge is 0.237 e. The number of hydrogen-bond donors (Lipinski definition) is 2. The van der Waals surface area contributed by atoms with Crippen LogP contribution in [0.4, 0.5) is 5.69 Å². The van der Waals surface area contributed by atoms with Gasteiger partial charge in [-0.1, -0.05) is 30.3 Å². The monoisotopic (exact) mass is 344 g/mol. The number of benzene rings is 2. The maximum Gasteiger partial charge on any atom is 0.237 e. The maximum atomic E-state index is 12.7. The molecule has 0 aliphatic carbocycles. The first kappa shape index (κ1) is 18.4. The van der Waals surface area contributed by atoms with E-state index in [0.29, 0.717) is 19.8 Å². The Labute approximate surface area is 147 Å². The number of anilines is 1. The molecule has 0 saturated carbocycles.